The van der Waals surface area contributed by atoms with Crippen molar-refractivity contribution >= 4 is 22.5 Å². The molecule has 0 saturated heterocycles. The van der Waals surface area contributed by atoms with E-state index in [9.17, 15) is 0 Å². The monoisotopic (exact) mass is 394 g/mol. The van der Waals surface area contributed by atoms with Gasteiger partial charge in [0.25, 0.3) is 0 Å². The van der Waals surface area contributed by atoms with Gasteiger partial charge in [0.2, 0.25) is 0 Å². The van der Waals surface area contributed by atoms with Crippen LogP contribution in [0.2, 0.25) is 0 Å². The number of rotatable bonds is 5. The minimum absolute atomic E-state index is 0.796. The smallest absolute Gasteiger partial charge is 0.196 e. The molecule has 5 heteroatoms. The van der Waals surface area contributed by atoms with E-state index >= 15 is 0 Å². The molecule has 0 aliphatic rings. The number of aromatic nitrogens is 4. The highest BCUT2D eigenvalue weighted by Crippen LogP contribution is 2.31. The van der Waals surface area contributed by atoms with E-state index in [0.29, 0.717) is 0 Å². The van der Waals surface area contributed by atoms with E-state index < -0.39 is 0 Å². The summed E-state index contributed by atoms with van der Waals surface area (Å²) in [5.74, 6) is 1.61. The lowest BCUT2D eigenvalue weighted by Crippen LogP contribution is -1.99. The standard InChI is InChI=1S/C24H18N4S/c1-2-12-21(13-3-1)28-23(19-11-7-15-25-16-19)26-27-24(28)29-17-20-10-6-9-18-8-4-5-14-22(18)20/h1-16H,17H2. The topological polar surface area (TPSA) is 43.6 Å². The fourth-order valence-electron chi connectivity index (χ4n) is 3.42. The van der Waals surface area contributed by atoms with Crippen molar-refractivity contribution in [3.8, 4) is 17.1 Å². The molecule has 0 atom stereocenters. The van der Waals surface area contributed by atoms with Crippen molar-refractivity contribution < 1.29 is 0 Å². The SMILES string of the molecule is c1ccc(-n2c(SCc3cccc4ccccc34)nnc2-c2cccnc2)cc1. The molecule has 0 aliphatic heterocycles. The Morgan fingerprint density at radius 2 is 1.59 bits per heavy atom. The minimum atomic E-state index is 0.796. The fourth-order valence-corrected chi connectivity index (χ4v) is 4.37. The number of hydrogen-bond donors (Lipinski definition) is 0. The molecule has 29 heavy (non-hydrogen) atoms. The molecule has 0 amide bonds. The number of nitrogens with zero attached hydrogens (tertiary/aromatic N) is 4. The second-order valence-electron chi connectivity index (χ2n) is 6.65. The largest absolute Gasteiger partial charge is 0.270 e. The van der Waals surface area contributed by atoms with E-state index in [2.05, 4.69) is 74.3 Å². The van der Waals surface area contributed by atoms with Gasteiger partial charge in [0.15, 0.2) is 11.0 Å². The van der Waals surface area contributed by atoms with Crippen LogP contribution in [0.25, 0.3) is 27.8 Å². The molecule has 0 aliphatic carbocycles. The molecule has 0 bridgehead atoms. The predicted molar refractivity (Wildman–Crippen MR) is 118 cm³/mol. The molecule has 140 valence electrons. The lowest BCUT2D eigenvalue weighted by molar-refractivity contribution is 0.886. The van der Waals surface area contributed by atoms with Gasteiger partial charge in [-0.15, -0.1) is 10.2 Å². The molecule has 0 radical (unpaired) electrons. The molecule has 4 nitrogen and oxygen atoms in total. The van der Waals surface area contributed by atoms with Crippen molar-refractivity contribution in [1.29, 1.82) is 0 Å². The lowest BCUT2D eigenvalue weighted by Gasteiger charge is -2.11. The van der Waals surface area contributed by atoms with E-state index in [-0.39, 0.29) is 0 Å². The van der Waals surface area contributed by atoms with Crippen LogP contribution in [0, 0.1) is 0 Å². The minimum Gasteiger partial charge on any atom is -0.270 e. The summed E-state index contributed by atoms with van der Waals surface area (Å²) in [5.41, 5.74) is 3.27. The van der Waals surface area contributed by atoms with Gasteiger partial charge in [-0.2, -0.15) is 0 Å². The van der Waals surface area contributed by atoms with Crippen molar-refractivity contribution in [3.05, 3.63) is 103 Å². The molecular weight excluding hydrogens is 376 g/mol. The van der Waals surface area contributed by atoms with Crippen molar-refractivity contribution in [2.45, 2.75) is 10.9 Å². The summed E-state index contributed by atoms with van der Waals surface area (Å²) in [6, 6.07) is 29.1. The zero-order valence-electron chi connectivity index (χ0n) is 15.6. The van der Waals surface area contributed by atoms with Crippen LogP contribution in [0.4, 0.5) is 0 Å². The second-order valence-corrected chi connectivity index (χ2v) is 7.59. The average molecular weight is 395 g/mol. The number of pyridine rings is 1. The molecule has 2 heterocycles. The van der Waals surface area contributed by atoms with Crippen molar-refractivity contribution in [1.82, 2.24) is 19.7 Å². The molecule has 0 unspecified atom stereocenters. The Hall–Kier alpha value is -3.44. The molecule has 0 saturated carbocycles. The quantitative estimate of drug-likeness (QED) is 0.355. The van der Waals surface area contributed by atoms with E-state index in [0.717, 1.165) is 28.0 Å². The molecule has 2 aromatic heterocycles. The molecule has 0 N–H and O–H groups in total. The third-order valence-electron chi connectivity index (χ3n) is 4.80. The van der Waals surface area contributed by atoms with Crippen molar-refractivity contribution in [3.63, 3.8) is 0 Å². The number of hydrogen-bond acceptors (Lipinski definition) is 4. The first-order valence-electron chi connectivity index (χ1n) is 9.41. The first kappa shape index (κ1) is 17.6. The Bertz CT molecular complexity index is 1240. The Labute approximate surface area is 173 Å². The molecule has 5 rings (SSSR count). The van der Waals surface area contributed by atoms with Crippen LogP contribution in [-0.4, -0.2) is 19.7 Å². The van der Waals surface area contributed by atoms with Crippen LogP contribution in [0.1, 0.15) is 5.56 Å². The van der Waals surface area contributed by atoms with Gasteiger partial charge in [0.05, 0.1) is 0 Å². The Morgan fingerprint density at radius 1 is 0.759 bits per heavy atom. The molecule has 5 aromatic rings. The first-order chi connectivity index (χ1) is 14.4. The van der Waals surface area contributed by atoms with Crippen LogP contribution in [-0.2, 0) is 5.75 Å². The van der Waals surface area contributed by atoms with Gasteiger partial charge < -0.3 is 0 Å². The summed E-state index contributed by atoms with van der Waals surface area (Å²) >= 11 is 1.69. The zero-order valence-corrected chi connectivity index (χ0v) is 16.5. The molecular formula is C24H18N4S. The van der Waals surface area contributed by atoms with Crippen LogP contribution >= 0.6 is 11.8 Å². The van der Waals surface area contributed by atoms with Gasteiger partial charge >= 0.3 is 0 Å². The summed E-state index contributed by atoms with van der Waals surface area (Å²) in [6.45, 7) is 0. The van der Waals surface area contributed by atoms with Gasteiger partial charge in [0.1, 0.15) is 0 Å². The van der Waals surface area contributed by atoms with Crippen molar-refractivity contribution in [2.24, 2.45) is 0 Å². The summed E-state index contributed by atoms with van der Waals surface area (Å²) in [6.07, 6.45) is 3.59. The van der Waals surface area contributed by atoms with E-state index in [1.165, 1.54) is 16.3 Å². The number of thioether (sulfide) groups is 1. The number of para-hydroxylation sites is 1. The number of benzene rings is 3. The number of fused-ring (bicyclic) bond motifs is 1. The van der Waals surface area contributed by atoms with Gasteiger partial charge in [-0.25, -0.2) is 0 Å². The highest BCUT2D eigenvalue weighted by Gasteiger charge is 2.16. The molecule has 0 spiro atoms. The van der Waals surface area contributed by atoms with Crippen LogP contribution < -0.4 is 0 Å². The zero-order chi connectivity index (χ0) is 19.5. The first-order valence-corrected chi connectivity index (χ1v) is 10.4. The Balaban J connectivity index is 1.54. The van der Waals surface area contributed by atoms with E-state index in [4.69, 9.17) is 0 Å². The highest BCUT2D eigenvalue weighted by molar-refractivity contribution is 7.98. The van der Waals surface area contributed by atoms with Crippen LogP contribution in [0.15, 0.2) is 102 Å². The predicted octanol–water partition coefficient (Wildman–Crippen LogP) is 5.77. The average Bonchev–Trinajstić information content (AvgIpc) is 3.23. The summed E-state index contributed by atoms with van der Waals surface area (Å²) in [5, 5.41) is 12.4. The normalized spacial score (nSPS) is 11.0. The van der Waals surface area contributed by atoms with Gasteiger partial charge in [-0.05, 0) is 40.6 Å². The van der Waals surface area contributed by atoms with Crippen LogP contribution in [0.5, 0.6) is 0 Å². The Kier molecular flexibility index (Phi) is 4.80. The van der Waals surface area contributed by atoms with E-state index in [1.807, 2.05) is 36.5 Å². The van der Waals surface area contributed by atoms with Gasteiger partial charge in [-0.1, -0.05) is 72.4 Å². The molecule has 3 aromatic carbocycles. The fraction of sp³-hybridized carbons (Fsp3) is 0.0417. The van der Waals surface area contributed by atoms with Gasteiger partial charge in [0, 0.05) is 29.4 Å². The maximum atomic E-state index is 4.51. The summed E-state index contributed by atoms with van der Waals surface area (Å²) in [7, 11) is 0. The maximum Gasteiger partial charge on any atom is 0.196 e. The lowest BCUT2D eigenvalue weighted by atomic mass is 10.1. The highest BCUT2D eigenvalue weighted by atomic mass is 32.2. The third kappa shape index (κ3) is 3.52. The Morgan fingerprint density at radius 3 is 2.45 bits per heavy atom. The van der Waals surface area contributed by atoms with Gasteiger partial charge in [-0.3, -0.25) is 9.55 Å². The van der Waals surface area contributed by atoms with E-state index in [1.54, 1.807) is 18.0 Å². The molecule has 0 fully saturated rings. The second kappa shape index (κ2) is 7.89. The summed E-state index contributed by atoms with van der Waals surface area (Å²) < 4.78 is 2.10. The third-order valence-corrected chi connectivity index (χ3v) is 5.78. The maximum absolute atomic E-state index is 4.51. The summed E-state index contributed by atoms with van der Waals surface area (Å²) in [4.78, 5) is 4.24. The van der Waals surface area contributed by atoms with Crippen molar-refractivity contribution in [2.75, 3.05) is 0 Å². The van der Waals surface area contributed by atoms with Crippen LogP contribution in [0.3, 0.4) is 0 Å².